The molecule has 56 heavy (non-hydrogen) atoms. The highest BCUT2D eigenvalue weighted by Crippen LogP contribution is 2.36. The molecule has 0 heteroatoms. The summed E-state index contributed by atoms with van der Waals surface area (Å²) in [6.45, 7) is 42.6. The van der Waals surface area contributed by atoms with E-state index in [4.69, 9.17) is 0 Å². The topological polar surface area (TPSA) is 0 Å². The Bertz CT molecular complexity index is 1280. The standard InChI is InChI=1S/C21H34.C15H24.C11H22.C7H12.C2H6/c1-4-17-10-12-19(13-11-17)14-15-20(6-3)21-9-7-8-18(5-2)16-21;1-6-14-8-7-12(4)15(10-14)9-13(5)11(2)3;1-5-7-8-11(4)9-10(3)6-2;1-5-7(4)6(2)3;1-2/h7-9,16-17,19-20H,4-6,10-15H2,1-3H3;9,14H,2,6-8,10H2,1,3-5H3;6,11H,5,7-9H2,1-4H3;5H,2H2,1,3-4H3;1-2H3/b;13-9-;10-6+;7-5-;/t17?,19?,20-;14-;;;/m10.../s1. The zero-order valence-corrected chi connectivity index (χ0v) is 40.9. The summed E-state index contributed by atoms with van der Waals surface area (Å²) in [4.78, 5) is 0. The summed E-state index contributed by atoms with van der Waals surface area (Å²) >= 11 is 0. The van der Waals surface area contributed by atoms with Crippen molar-refractivity contribution in [2.45, 2.75) is 226 Å². The van der Waals surface area contributed by atoms with E-state index in [9.17, 15) is 0 Å². The second-order valence-corrected chi connectivity index (χ2v) is 17.3. The Kier molecular flexibility index (Phi) is 34.5. The second-order valence-electron chi connectivity index (χ2n) is 17.3. The lowest BCUT2D eigenvalue weighted by Gasteiger charge is -2.29. The molecule has 1 aromatic rings. The molecule has 0 aliphatic heterocycles. The zero-order chi connectivity index (χ0) is 43.1. The Morgan fingerprint density at radius 1 is 0.768 bits per heavy atom. The van der Waals surface area contributed by atoms with Gasteiger partial charge in [-0.15, -0.1) is 0 Å². The second kappa shape index (κ2) is 34.7. The van der Waals surface area contributed by atoms with Crippen LogP contribution in [0.2, 0.25) is 0 Å². The van der Waals surface area contributed by atoms with Crippen LogP contribution in [0.25, 0.3) is 0 Å². The predicted octanol–water partition coefficient (Wildman–Crippen LogP) is 19.5. The SMILES string of the molecule is C/C=C(\C)CC(C)CCCC.C=C(C)/C(C)=C\C.C=C(C)/C(C)=C\C1=C(C)CC[C@H](CC)C1.CC.CCc1cccc([C@H](CC)CCC2CCC(CC)CC2)c1. The Hall–Kier alpha value is -2.34. The summed E-state index contributed by atoms with van der Waals surface area (Å²) in [5.41, 5.74) is 12.7. The van der Waals surface area contributed by atoms with E-state index in [2.05, 4.69) is 139 Å². The first-order chi connectivity index (χ1) is 26.7. The molecule has 0 radical (unpaired) electrons. The average Bonchev–Trinajstić information content (AvgIpc) is 3.22. The Labute approximate surface area is 354 Å². The van der Waals surface area contributed by atoms with Crippen molar-refractivity contribution in [2.24, 2.45) is 23.7 Å². The summed E-state index contributed by atoms with van der Waals surface area (Å²) in [5.74, 6) is 4.60. The highest BCUT2D eigenvalue weighted by molar-refractivity contribution is 5.36. The van der Waals surface area contributed by atoms with Crippen LogP contribution in [0.15, 0.2) is 94.7 Å². The fourth-order valence-corrected chi connectivity index (χ4v) is 7.69. The molecule has 1 aromatic carbocycles. The Morgan fingerprint density at radius 3 is 1.82 bits per heavy atom. The number of unbranched alkanes of at least 4 members (excludes halogenated alkanes) is 1. The van der Waals surface area contributed by atoms with Gasteiger partial charge < -0.3 is 0 Å². The highest BCUT2D eigenvalue weighted by Gasteiger charge is 2.21. The number of hydrogen-bond acceptors (Lipinski definition) is 0. The van der Waals surface area contributed by atoms with Gasteiger partial charge in [0, 0.05) is 0 Å². The quantitative estimate of drug-likeness (QED) is 0.116. The van der Waals surface area contributed by atoms with E-state index in [1.807, 2.05) is 27.7 Å². The molecule has 0 bridgehead atoms. The minimum Gasteiger partial charge on any atom is -0.0959 e. The Balaban J connectivity index is 0. The first-order valence-corrected chi connectivity index (χ1v) is 23.7. The molecule has 0 nitrogen and oxygen atoms in total. The molecule has 3 atom stereocenters. The van der Waals surface area contributed by atoms with Crippen molar-refractivity contribution < 1.29 is 0 Å². The molecule has 1 saturated carbocycles. The van der Waals surface area contributed by atoms with Gasteiger partial charge in [-0.25, -0.2) is 0 Å². The highest BCUT2D eigenvalue weighted by atomic mass is 14.3. The molecule has 322 valence electrons. The van der Waals surface area contributed by atoms with E-state index in [-0.39, 0.29) is 0 Å². The molecule has 2 aliphatic carbocycles. The largest absolute Gasteiger partial charge is 0.0959 e. The number of hydrogen-bond donors (Lipinski definition) is 0. The van der Waals surface area contributed by atoms with Crippen molar-refractivity contribution in [3.05, 3.63) is 106 Å². The van der Waals surface area contributed by atoms with Crippen LogP contribution in [0.3, 0.4) is 0 Å². The Morgan fingerprint density at radius 2 is 1.36 bits per heavy atom. The predicted molar refractivity (Wildman–Crippen MR) is 261 cm³/mol. The van der Waals surface area contributed by atoms with Crippen LogP contribution in [-0.4, -0.2) is 0 Å². The molecule has 1 unspecified atom stereocenters. The van der Waals surface area contributed by atoms with Gasteiger partial charge in [0.25, 0.3) is 0 Å². The molecule has 2 aliphatic rings. The maximum atomic E-state index is 3.99. The number of rotatable bonds is 16. The van der Waals surface area contributed by atoms with Gasteiger partial charge in [-0.3, -0.25) is 0 Å². The van der Waals surface area contributed by atoms with E-state index >= 15 is 0 Å². The van der Waals surface area contributed by atoms with Crippen LogP contribution < -0.4 is 0 Å². The van der Waals surface area contributed by atoms with E-state index in [1.54, 1.807) is 16.7 Å². The molecule has 0 amide bonds. The fourth-order valence-electron chi connectivity index (χ4n) is 7.69. The molecule has 0 aromatic heterocycles. The fraction of sp³-hybridized carbons (Fsp3) is 0.679. The van der Waals surface area contributed by atoms with Crippen molar-refractivity contribution >= 4 is 0 Å². The lowest BCUT2D eigenvalue weighted by Crippen LogP contribution is -2.14. The third-order valence-corrected chi connectivity index (χ3v) is 12.7. The van der Waals surface area contributed by atoms with Gasteiger partial charge in [0.2, 0.25) is 0 Å². The number of aryl methyl sites for hydroxylation is 1. The summed E-state index contributed by atoms with van der Waals surface area (Å²) < 4.78 is 0. The maximum Gasteiger partial charge on any atom is -0.0164 e. The summed E-state index contributed by atoms with van der Waals surface area (Å²) in [6, 6.07) is 9.31. The monoisotopic (exact) mass is 771 g/mol. The minimum absolute atomic E-state index is 0.778. The number of benzene rings is 1. The molecule has 0 saturated heterocycles. The first kappa shape index (κ1) is 55.8. The third-order valence-electron chi connectivity index (χ3n) is 12.7. The zero-order valence-electron chi connectivity index (χ0n) is 40.9. The van der Waals surface area contributed by atoms with Crippen LogP contribution in [-0.2, 0) is 6.42 Å². The summed E-state index contributed by atoms with van der Waals surface area (Å²) in [5, 5.41) is 0. The van der Waals surface area contributed by atoms with Gasteiger partial charge in [0.1, 0.15) is 0 Å². The van der Waals surface area contributed by atoms with Crippen LogP contribution in [0.1, 0.15) is 231 Å². The van der Waals surface area contributed by atoms with Crippen LogP contribution in [0.5, 0.6) is 0 Å². The number of allylic oxidation sites excluding steroid dienone is 10. The van der Waals surface area contributed by atoms with Gasteiger partial charge in [-0.2, -0.15) is 0 Å². The van der Waals surface area contributed by atoms with Crippen LogP contribution >= 0.6 is 0 Å². The smallest absolute Gasteiger partial charge is 0.0164 e. The van der Waals surface area contributed by atoms with E-state index in [0.717, 1.165) is 41.6 Å². The summed E-state index contributed by atoms with van der Waals surface area (Å²) in [7, 11) is 0. The van der Waals surface area contributed by atoms with Crippen molar-refractivity contribution in [1.29, 1.82) is 0 Å². The molecule has 0 heterocycles. The van der Waals surface area contributed by atoms with Crippen molar-refractivity contribution in [3.63, 3.8) is 0 Å². The van der Waals surface area contributed by atoms with Crippen LogP contribution in [0.4, 0.5) is 0 Å². The maximum absolute atomic E-state index is 3.99. The normalized spacial score (nSPS) is 19.7. The van der Waals surface area contributed by atoms with Gasteiger partial charge in [-0.1, -0.05) is 197 Å². The van der Waals surface area contributed by atoms with Gasteiger partial charge in [0.15, 0.2) is 0 Å². The van der Waals surface area contributed by atoms with Gasteiger partial charge in [-0.05, 0) is 159 Å². The molecule has 3 rings (SSSR count). The molecular formula is C56H98. The first-order valence-electron chi connectivity index (χ1n) is 23.7. The lowest BCUT2D eigenvalue weighted by atomic mass is 9.77. The van der Waals surface area contributed by atoms with Crippen LogP contribution in [0, 0.1) is 23.7 Å². The van der Waals surface area contributed by atoms with E-state index < -0.39 is 0 Å². The van der Waals surface area contributed by atoms with Gasteiger partial charge in [0.05, 0.1) is 0 Å². The molecular weight excluding hydrogens is 673 g/mol. The van der Waals surface area contributed by atoms with Gasteiger partial charge >= 0.3 is 0 Å². The van der Waals surface area contributed by atoms with Crippen molar-refractivity contribution in [1.82, 2.24) is 0 Å². The lowest BCUT2D eigenvalue weighted by molar-refractivity contribution is 0.251. The third kappa shape index (κ3) is 25.8. The van der Waals surface area contributed by atoms with E-state index in [0.29, 0.717) is 0 Å². The minimum atomic E-state index is 0.778. The molecule has 1 fully saturated rings. The van der Waals surface area contributed by atoms with Crippen molar-refractivity contribution in [2.75, 3.05) is 0 Å². The average molecular weight is 771 g/mol. The van der Waals surface area contributed by atoms with E-state index in [1.165, 1.54) is 131 Å². The van der Waals surface area contributed by atoms with Crippen molar-refractivity contribution in [3.8, 4) is 0 Å². The molecule has 0 spiro atoms. The summed E-state index contributed by atoms with van der Waals surface area (Å²) in [6.07, 6.45) is 29.9. The molecule has 0 N–H and O–H groups in total.